The highest BCUT2D eigenvalue weighted by atomic mass is 16.6. The van der Waals surface area contributed by atoms with Gasteiger partial charge in [-0.05, 0) is 52.4 Å². The first kappa shape index (κ1) is 16.2. The Bertz CT molecular complexity index is 566. The highest BCUT2D eigenvalue weighted by Crippen LogP contribution is 2.38. The summed E-state index contributed by atoms with van der Waals surface area (Å²) in [4.78, 5) is 18.6. The van der Waals surface area contributed by atoms with Gasteiger partial charge in [0.1, 0.15) is 5.60 Å². The fraction of sp³-hybridized carbons (Fsp3) is 0.812. The van der Waals surface area contributed by atoms with Gasteiger partial charge in [0, 0.05) is 19.1 Å². The smallest absolute Gasteiger partial charge is 0.407 e. The highest BCUT2D eigenvalue weighted by Gasteiger charge is 2.43. The van der Waals surface area contributed by atoms with Crippen molar-refractivity contribution in [3.63, 3.8) is 0 Å². The summed E-state index contributed by atoms with van der Waals surface area (Å²) in [5, 5.41) is 6.89. The first-order chi connectivity index (χ1) is 10.8. The number of carbonyl (C=O) groups excluding carboxylic acids is 1. The first-order valence-electron chi connectivity index (χ1n) is 8.31. The number of ether oxygens (including phenoxy) is 1. The number of fused-ring (bicyclic) bond motifs is 1. The standard InChI is InChI=1S/C16H26N4O3/c1-10-17-14(23-19-10)9-20-7-11-5-6-13(12(11)8-20)18-15(21)22-16(2,3)4/h11-13H,5-9H2,1-4H3,(H,18,21)/t11-,12-,13+/m0/s1. The third-order valence-corrected chi connectivity index (χ3v) is 4.56. The number of aryl methyl sites for hydroxylation is 1. The molecule has 0 unspecified atom stereocenters. The van der Waals surface area contributed by atoms with Crippen molar-refractivity contribution in [3.8, 4) is 0 Å². The van der Waals surface area contributed by atoms with Crippen molar-refractivity contribution in [1.29, 1.82) is 0 Å². The summed E-state index contributed by atoms with van der Waals surface area (Å²) in [5.74, 6) is 2.44. The Morgan fingerprint density at radius 2 is 2.17 bits per heavy atom. The number of hydrogen-bond donors (Lipinski definition) is 1. The van der Waals surface area contributed by atoms with Crippen LogP contribution in [0.5, 0.6) is 0 Å². The quantitative estimate of drug-likeness (QED) is 0.918. The van der Waals surface area contributed by atoms with Gasteiger partial charge in [-0.1, -0.05) is 5.16 Å². The van der Waals surface area contributed by atoms with Crippen LogP contribution in [0.25, 0.3) is 0 Å². The SMILES string of the molecule is Cc1noc(CN2C[C@@H]3CC[C@@H](NC(=O)OC(C)(C)C)[C@H]3C2)n1. The van der Waals surface area contributed by atoms with E-state index in [0.29, 0.717) is 30.1 Å². The lowest BCUT2D eigenvalue weighted by Gasteiger charge is -2.24. The molecule has 1 saturated heterocycles. The first-order valence-corrected chi connectivity index (χ1v) is 8.31. The van der Waals surface area contributed by atoms with Crippen LogP contribution in [0.1, 0.15) is 45.3 Å². The maximum absolute atomic E-state index is 12.0. The lowest BCUT2D eigenvalue weighted by Crippen LogP contribution is -2.42. The molecule has 1 aromatic rings. The van der Waals surface area contributed by atoms with E-state index in [-0.39, 0.29) is 12.1 Å². The van der Waals surface area contributed by atoms with Gasteiger partial charge in [0.15, 0.2) is 5.82 Å². The van der Waals surface area contributed by atoms with Crippen molar-refractivity contribution in [2.24, 2.45) is 11.8 Å². The van der Waals surface area contributed by atoms with Gasteiger partial charge >= 0.3 is 6.09 Å². The number of hydrogen-bond acceptors (Lipinski definition) is 6. The summed E-state index contributed by atoms with van der Waals surface area (Å²) in [6.07, 6.45) is 1.86. The Morgan fingerprint density at radius 1 is 1.39 bits per heavy atom. The Labute approximate surface area is 136 Å². The Kier molecular flexibility index (Phi) is 4.31. The van der Waals surface area contributed by atoms with Crippen LogP contribution >= 0.6 is 0 Å². The molecular formula is C16H26N4O3. The molecule has 7 nitrogen and oxygen atoms in total. The monoisotopic (exact) mass is 322 g/mol. The molecule has 2 fully saturated rings. The molecule has 0 spiro atoms. The lowest BCUT2D eigenvalue weighted by molar-refractivity contribution is 0.0491. The second-order valence-corrected chi connectivity index (χ2v) is 7.68. The topological polar surface area (TPSA) is 80.5 Å². The number of nitrogens with zero attached hydrogens (tertiary/aromatic N) is 3. The van der Waals surface area contributed by atoms with Crippen molar-refractivity contribution < 1.29 is 14.1 Å². The second-order valence-electron chi connectivity index (χ2n) is 7.68. The van der Waals surface area contributed by atoms with Crippen LogP contribution in [0.15, 0.2) is 4.52 Å². The summed E-state index contributed by atoms with van der Waals surface area (Å²) in [6.45, 7) is 10.1. The van der Waals surface area contributed by atoms with Crippen molar-refractivity contribution >= 4 is 6.09 Å². The normalized spacial score (nSPS) is 27.9. The van der Waals surface area contributed by atoms with Gasteiger partial charge < -0.3 is 14.6 Å². The van der Waals surface area contributed by atoms with Crippen molar-refractivity contribution in [2.75, 3.05) is 13.1 Å². The molecule has 2 aliphatic rings. The van der Waals surface area contributed by atoms with E-state index in [1.807, 2.05) is 27.7 Å². The Hall–Kier alpha value is -1.63. The average Bonchev–Trinajstić information content (AvgIpc) is 3.06. The zero-order valence-electron chi connectivity index (χ0n) is 14.3. The van der Waals surface area contributed by atoms with E-state index >= 15 is 0 Å². The highest BCUT2D eigenvalue weighted by molar-refractivity contribution is 5.68. The maximum Gasteiger partial charge on any atom is 0.407 e. The molecule has 128 valence electrons. The average molecular weight is 322 g/mol. The zero-order valence-corrected chi connectivity index (χ0v) is 14.3. The summed E-state index contributed by atoms with van der Waals surface area (Å²) in [7, 11) is 0. The molecule has 0 radical (unpaired) electrons. The van der Waals surface area contributed by atoms with Gasteiger partial charge in [-0.2, -0.15) is 4.98 Å². The number of carbonyl (C=O) groups is 1. The number of rotatable bonds is 3. The third-order valence-electron chi connectivity index (χ3n) is 4.56. The van der Waals surface area contributed by atoms with Gasteiger partial charge in [-0.15, -0.1) is 0 Å². The number of alkyl carbamates (subject to hydrolysis) is 1. The minimum Gasteiger partial charge on any atom is -0.444 e. The van der Waals surface area contributed by atoms with Gasteiger partial charge in [0.25, 0.3) is 0 Å². The van der Waals surface area contributed by atoms with E-state index in [1.165, 1.54) is 0 Å². The molecule has 3 rings (SSSR count). The maximum atomic E-state index is 12.0. The van der Waals surface area contributed by atoms with Crippen molar-refractivity contribution in [1.82, 2.24) is 20.4 Å². The lowest BCUT2D eigenvalue weighted by atomic mass is 9.98. The third kappa shape index (κ3) is 4.02. The van der Waals surface area contributed by atoms with E-state index < -0.39 is 5.60 Å². The molecule has 2 heterocycles. The van der Waals surface area contributed by atoms with Gasteiger partial charge in [-0.3, -0.25) is 4.90 Å². The molecule has 1 aliphatic carbocycles. The molecule has 1 N–H and O–H groups in total. The number of nitrogens with one attached hydrogen (secondary N) is 1. The van der Waals surface area contributed by atoms with Crippen LogP contribution < -0.4 is 5.32 Å². The minimum absolute atomic E-state index is 0.198. The van der Waals surface area contributed by atoms with E-state index in [9.17, 15) is 4.79 Å². The minimum atomic E-state index is -0.459. The van der Waals surface area contributed by atoms with Gasteiger partial charge in [-0.25, -0.2) is 4.79 Å². The van der Waals surface area contributed by atoms with E-state index in [4.69, 9.17) is 9.26 Å². The van der Waals surface area contributed by atoms with Crippen LogP contribution in [0, 0.1) is 18.8 Å². The molecule has 23 heavy (non-hydrogen) atoms. The molecular weight excluding hydrogens is 296 g/mol. The molecule has 7 heteroatoms. The molecule has 1 amide bonds. The fourth-order valence-corrected chi connectivity index (χ4v) is 3.72. The molecule has 1 aliphatic heterocycles. The van der Waals surface area contributed by atoms with Crippen LogP contribution in [0.2, 0.25) is 0 Å². The predicted molar refractivity (Wildman–Crippen MR) is 83.7 cm³/mol. The van der Waals surface area contributed by atoms with E-state index in [1.54, 1.807) is 0 Å². The summed E-state index contributed by atoms with van der Waals surface area (Å²) in [6, 6.07) is 0.198. The fourth-order valence-electron chi connectivity index (χ4n) is 3.72. The van der Waals surface area contributed by atoms with E-state index in [0.717, 1.165) is 25.9 Å². The van der Waals surface area contributed by atoms with Gasteiger partial charge in [0.2, 0.25) is 5.89 Å². The van der Waals surface area contributed by atoms with Crippen molar-refractivity contribution in [3.05, 3.63) is 11.7 Å². The molecule has 1 aromatic heterocycles. The van der Waals surface area contributed by atoms with Crippen LogP contribution in [0.4, 0.5) is 4.79 Å². The summed E-state index contributed by atoms with van der Waals surface area (Å²) < 4.78 is 10.6. The number of amides is 1. The van der Waals surface area contributed by atoms with Crippen LogP contribution in [-0.2, 0) is 11.3 Å². The van der Waals surface area contributed by atoms with Crippen LogP contribution in [0.3, 0.4) is 0 Å². The summed E-state index contributed by atoms with van der Waals surface area (Å²) >= 11 is 0. The summed E-state index contributed by atoms with van der Waals surface area (Å²) in [5.41, 5.74) is -0.459. The number of aromatic nitrogens is 2. The molecule has 0 bridgehead atoms. The Morgan fingerprint density at radius 3 is 2.83 bits per heavy atom. The molecule has 1 saturated carbocycles. The second kappa shape index (κ2) is 6.11. The number of likely N-dealkylation sites (tertiary alicyclic amines) is 1. The molecule has 3 atom stereocenters. The molecule has 0 aromatic carbocycles. The van der Waals surface area contributed by atoms with Crippen LogP contribution in [-0.4, -0.2) is 45.9 Å². The van der Waals surface area contributed by atoms with Crippen molar-refractivity contribution in [2.45, 2.75) is 58.7 Å². The zero-order chi connectivity index (χ0) is 16.6. The van der Waals surface area contributed by atoms with Gasteiger partial charge in [0.05, 0.1) is 6.54 Å². The Balaban J connectivity index is 1.53. The predicted octanol–water partition coefficient (Wildman–Crippen LogP) is 2.11. The largest absolute Gasteiger partial charge is 0.444 e. The van der Waals surface area contributed by atoms with E-state index in [2.05, 4.69) is 20.4 Å².